The standard InChI is InChI=1S/C22H30N2O2.C2H5I/c1-22(2,3)26-21(25)24(18-20-13-8-5-9-14-20)16-10-15-23-17-19-11-6-4-7-12-19;1-2-3/h4-9,11-14,23H,10,15-18H2,1-3H3;2H2,1H3. The summed E-state index contributed by atoms with van der Waals surface area (Å²) in [5.74, 6) is 0. The SMILES string of the molecule is CC(C)(C)OC(=O)N(CCCNCc1ccccc1)Cc1ccccc1.CCI. The summed E-state index contributed by atoms with van der Waals surface area (Å²) in [5, 5.41) is 3.43. The maximum absolute atomic E-state index is 12.5. The van der Waals surface area contributed by atoms with Gasteiger partial charge in [0.15, 0.2) is 0 Å². The van der Waals surface area contributed by atoms with E-state index in [1.807, 2.05) is 69.3 Å². The lowest BCUT2D eigenvalue weighted by Crippen LogP contribution is -2.37. The van der Waals surface area contributed by atoms with Crippen LogP contribution in [-0.2, 0) is 17.8 Å². The molecular weight excluding hydrogens is 475 g/mol. The predicted molar refractivity (Wildman–Crippen MR) is 130 cm³/mol. The molecule has 0 bridgehead atoms. The van der Waals surface area contributed by atoms with Gasteiger partial charge in [-0.2, -0.15) is 0 Å². The van der Waals surface area contributed by atoms with E-state index in [1.54, 1.807) is 4.90 Å². The fraction of sp³-hybridized carbons (Fsp3) is 0.458. The van der Waals surface area contributed by atoms with Crippen LogP contribution < -0.4 is 5.32 Å². The molecule has 5 heteroatoms. The lowest BCUT2D eigenvalue weighted by atomic mass is 10.2. The number of ether oxygens (including phenoxy) is 1. The van der Waals surface area contributed by atoms with Crippen LogP contribution in [0.25, 0.3) is 0 Å². The molecule has 1 N–H and O–H groups in total. The zero-order valence-corrected chi connectivity index (χ0v) is 20.3. The second-order valence-corrected chi connectivity index (χ2v) is 9.20. The second-order valence-electron chi connectivity index (χ2n) is 7.67. The van der Waals surface area contributed by atoms with Crippen LogP contribution in [0.2, 0.25) is 0 Å². The quantitative estimate of drug-likeness (QED) is 0.267. The van der Waals surface area contributed by atoms with E-state index < -0.39 is 5.60 Å². The van der Waals surface area contributed by atoms with Crippen molar-refractivity contribution in [2.75, 3.05) is 17.5 Å². The lowest BCUT2D eigenvalue weighted by Gasteiger charge is -2.27. The number of halogens is 1. The van der Waals surface area contributed by atoms with Crippen molar-refractivity contribution < 1.29 is 9.53 Å². The molecule has 0 aromatic heterocycles. The summed E-state index contributed by atoms with van der Waals surface area (Å²) in [6.45, 7) is 10.7. The fourth-order valence-electron chi connectivity index (χ4n) is 2.59. The lowest BCUT2D eigenvalue weighted by molar-refractivity contribution is 0.0231. The molecule has 160 valence electrons. The first-order chi connectivity index (χ1) is 13.9. The molecule has 0 aliphatic heterocycles. The number of carbonyl (C=O) groups is 1. The average molecular weight is 510 g/mol. The van der Waals surface area contributed by atoms with Gasteiger partial charge in [0.05, 0.1) is 0 Å². The van der Waals surface area contributed by atoms with Crippen LogP contribution in [0.5, 0.6) is 0 Å². The number of alkyl halides is 1. The van der Waals surface area contributed by atoms with Crippen molar-refractivity contribution in [1.29, 1.82) is 0 Å². The number of hydrogen-bond donors (Lipinski definition) is 1. The summed E-state index contributed by atoms with van der Waals surface area (Å²) in [4.78, 5) is 14.3. The van der Waals surface area contributed by atoms with Crippen LogP contribution in [0, 0.1) is 0 Å². The molecule has 0 saturated heterocycles. The molecule has 0 unspecified atom stereocenters. The molecule has 29 heavy (non-hydrogen) atoms. The minimum absolute atomic E-state index is 0.260. The number of rotatable bonds is 8. The molecule has 0 radical (unpaired) electrons. The third kappa shape index (κ3) is 12.5. The van der Waals surface area contributed by atoms with Crippen molar-refractivity contribution >= 4 is 28.7 Å². The van der Waals surface area contributed by atoms with E-state index in [4.69, 9.17) is 4.74 Å². The zero-order chi connectivity index (χ0) is 21.5. The number of amides is 1. The molecule has 2 rings (SSSR count). The van der Waals surface area contributed by atoms with Crippen molar-refractivity contribution in [3.8, 4) is 0 Å². The highest BCUT2D eigenvalue weighted by molar-refractivity contribution is 14.1. The number of nitrogens with zero attached hydrogens (tertiary/aromatic N) is 1. The van der Waals surface area contributed by atoms with Gasteiger partial charge in [-0.1, -0.05) is 90.2 Å². The van der Waals surface area contributed by atoms with Crippen molar-refractivity contribution in [3.05, 3.63) is 71.8 Å². The summed E-state index contributed by atoms with van der Waals surface area (Å²) < 4.78 is 6.78. The van der Waals surface area contributed by atoms with Crippen molar-refractivity contribution in [2.45, 2.75) is 52.8 Å². The van der Waals surface area contributed by atoms with Crippen LogP contribution in [-0.4, -0.2) is 34.1 Å². The topological polar surface area (TPSA) is 41.6 Å². The molecular formula is C24H35IN2O2. The maximum atomic E-state index is 12.5. The average Bonchev–Trinajstić information content (AvgIpc) is 2.68. The van der Waals surface area contributed by atoms with Crippen molar-refractivity contribution in [1.82, 2.24) is 10.2 Å². The Labute approximate surface area is 190 Å². The predicted octanol–water partition coefficient (Wildman–Crippen LogP) is 6.04. The Balaban J connectivity index is 0.00000132. The minimum atomic E-state index is -0.489. The van der Waals surface area contributed by atoms with Gasteiger partial charge in [-0.05, 0) is 49.3 Å². The molecule has 0 aliphatic carbocycles. The van der Waals surface area contributed by atoms with Gasteiger partial charge < -0.3 is 15.0 Å². The largest absolute Gasteiger partial charge is 0.444 e. The van der Waals surface area contributed by atoms with Gasteiger partial charge in [0.2, 0.25) is 0 Å². The summed E-state index contributed by atoms with van der Waals surface area (Å²) >= 11 is 2.29. The van der Waals surface area contributed by atoms with E-state index in [2.05, 4.69) is 47.0 Å². The highest BCUT2D eigenvalue weighted by atomic mass is 127. The van der Waals surface area contributed by atoms with Gasteiger partial charge in [-0.3, -0.25) is 0 Å². The number of nitrogens with one attached hydrogen (secondary N) is 1. The highest BCUT2D eigenvalue weighted by Gasteiger charge is 2.21. The number of carbonyl (C=O) groups excluding carboxylic acids is 1. The Morgan fingerprint density at radius 2 is 1.52 bits per heavy atom. The van der Waals surface area contributed by atoms with Crippen LogP contribution in [0.15, 0.2) is 60.7 Å². The summed E-state index contributed by atoms with van der Waals surface area (Å²) in [6, 6.07) is 20.3. The van der Waals surface area contributed by atoms with Crippen LogP contribution in [0.3, 0.4) is 0 Å². The third-order valence-electron chi connectivity index (χ3n) is 3.82. The molecule has 0 aliphatic rings. The van der Waals surface area contributed by atoms with E-state index >= 15 is 0 Å². The summed E-state index contributed by atoms with van der Waals surface area (Å²) in [5.41, 5.74) is 1.88. The second kappa shape index (κ2) is 14.4. The zero-order valence-electron chi connectivity index (χ0n) is 18.2. The van der Waals surface area contributed by atoms with Crippen molar-refractivity contribution in [2.24, 2.45) is 0 Å². The Morgan fingerprint density at radius 1 is 1.00 bits per heavy atom. The summed E-state index contributed by atoms with van der Waals surface area (Å²) in [7, 11) is 0. The van der Waals surface area contributed by atoms with Crippen molar-refractivity contribution in [3.63, 3.8) is 0 Å². The highest BCUT2D eigenvalue weighted by Crippen LogP contribution is 2.13. The van der Waals surface area contributed by atoms with Gasteiger partial charge in [-0.25, -0.2) is 4.79 Å². The normalized spacial score (nSPS) is 10.7. The van der Waals surface area contributed by atoms with E-state index in [9.17, 15) is 4.79 Å². The Morgan fingerprint density at radius 3 is 2.03 bits per heavy atom. The van der Waals surface area contributed by atoms with Gasteiger partial charge in [0, 0.05) is 19.6 Å². The molecule has 2 aromatic carbocycles. The maximum Gasteiger partial charge on any atom is 0.410 e. The van der Waals surface area contributed by atoms with Gasteiger partial charge in [0.25, 0.3) is 0 Å². The summed E-state index contributed by atoms with van der Waals surface area (Å²) in [6.07, 6.45) is 0.614. The monoisotopic (exact) mass is 510 g/mol. The molecule has 0 fully saturated rings. The Kier molecular flexibility index (Phi) is 12.6. The number of hydrogen-bond acceptors (Lipinski definition) is 3. The fourth-order valence-corrected chi connectivity index (χ4v) is 2.59. The molecule has 0 spiro atoms. The molecule has 0 saturated carbocycles. The first-order valence-electron chi connectivity index (χ1n) is 10.2. The molecule has 1 amide bonds. The smallest absolute Gasteiger partial charge is 0.410 e. The van der Waals surface area contributed by atoms with E-state index in [0.29, 0.717) is 13.1 Å². The molecule has 0 atom stereocenters. The van der Waals surface area contributed by atoms with E-state index in [0.717, 1.165) is 25.1 Å². The third-order valence-corrected chi connectivity index (χ3v) is 3.82. The van der Waals surface area contributed by atoms with E-state index in [1.165, 1.54) is 9.99 Å². The number of benzene rings is 2. The molecule has 4 nitrogen and oxygen atoms in total. The van der Waals surface area contributed by atoms with Crippen LogP contribution in [0.1, 0.15) is 45.2 Å². The van der Waals surface area contributed by atoms with Gasteiger partial charge in [-0.15, -0.1) is 0 Å². The van der Waals surface area contributed by atoms with Crippen LogP contribution in [0.4, 0.5) is 4.79 Å². The first-order valence-corrected chi connectivity index (χ1v) is 11.7. The molecule has 0 heterocycles. The van der Waals surface area contributed by atoms with Gasteiger partial charge in [0.1, 0.15) is 5.60 Å². The van der Waals surface area contributed by atoms with Gasteiger partial charge >= 0.3 is 6.09 Å². The first kappa shape index (κ1) is 25.4. The molecule has 2 aromatic rings. The van der Waals surface area contributed by atoms with Crippen LogP contribution >= 0.6 is 22.6 Å². The Bertz CT molecular complexity index is 672. The Hall–Kier alpha value is -1.60. The minimum Gasteiger partial charge on any atom is -0.444 e. The van der Waals surface area contributed by atoms with E-state index in [-0.39, 0.29) is 6.09 Å².